The number of carboxylic acid groups (broad SMARTS) is 1. The number of rotatable bonds is 5. The van der Waals surface area contributed by atoms with E-state index in [1.165, 1.54) is 0 Å². The van der Waals surface area contributed by atoms with Crippen molar-refractivity contribution in [2.24, 2.45) is 5.73 Å². The summed E-state index contributed by atoms with van der Waals surface area (Å²) in [6.07, 6.45) is 4.45. The normalized spacial score (nSPS) is 25.6. The van der Waals surface area contributed by atoms with Crippen LogP contribution in [0.25, 0.3) is 0 Å². The second-order valence-corrected chi connectivity index (χ2v) is 7.92. The SMILES string of the molecule is C[C@@]1(NC(=O)Cc2cccnc2)CCOC2(CCN(CC(N)=O)CC2)[C@H]1O.O=CO. The first-order chi connectivity index (χ1) is 14.2. The number of carbonyl (C=O) groups excluding carboxylic acids is 2. The first-order valence-corrected chi connectivity index (χ1v) is 9.85. The molecular formula is C20H30N4O6. The van der Waals surface area contributed by atoms with Crippen LogP contribution in [-0.4, -0.2) is 81.9 Å². The Kier molecular flexibility index (Phi) is 8.27. The Hall–Kier alpha value is -2.56. The number of nitrogens with two attached hydrogens (primary N) is 1. The molecule has 2 atom stereocenters. The lowest BCUT2D eigenvalue weighted by Crippen LogP contribution is -2.69. The van der Waals surface area contributed by atoms with Crippen LogP contribution in [0.3, 0.4) is 0 Å². The fraction of sp³-hybridized carbons (Fsp3) is 0.600. The summed E-state index contributed by atoms with van der Waals surface area (Å²) >= 11 is 0. The van der Waals surface area contributed by atoms with Crippen LogP contribution >= 0.6 is 0 Å². The van der Waals surface area contributed by atoms with E-state index in [0.717, 1.165) is 5.56 Å². The second-order valence-electron chi connectivity index (χ2n) is 7.92. The smallest absolute Gasteiger partial charge is 0.290 e. The van der Waals surface area contributed by atoms with Gasteiger partial charge in [0.1, 0.15) is 6.10 Å². The van der Waals surface area contributed by atoms with Crippen LogP contribution in [-0.2, 0) is 25.5 Å². The van der Waals surface area contributed by atoms with Crippen molar-refractivity contribution in [2.45, 2.75) is 49.9 Å². The highest BCUT2D eigenvalue weighted by Crippen LogP contribution is 2.39. The summed E-state index contributed by atoms with van der Waals surface area (Å²) in [6, 6.07) is 3.65. The summed E-state index contributed by atoms with van der Waals surface area (Å²) in [7, 11) is 0. The molecule has 10 nitrogen and oxygen atoms in total. The molecule has 1 spiro atoms. The highest BCUT2D eigenvalue weighted by molar-refractivity contribution is 5.79. The number of hydrogen-bond donors (Lipinski definition) is 4. The van der Waals surface area contributed by atoms with Gasteiger partial charge in [-0.1, -0.05) is 6.07 Å². The molecule has 3 heterocycles. The Bertz CT molecular complexity index is 723. The highest BCUT2D eigenvalue weighted by Gasteiger charge is 2.53. The lowest BCUT2D eigenvalue weighted by Gasteiger charge is -2.53. The number of pyridine rings is 1. The van der Waals surface area contributed by atoms with E-state index in [4.69, 9.17) is 20.4 Å². The molecule has 1 aromatic rings. The van der Waals surface area contributed by atoms with Gasteiger partial charge in [0.15, 0.2) is 0 Å². The Balaban J connectivity index is 0.00000101. The minimum absolute atomic E-state index is 0.146. The van der Waals surface area contributed by atoms with Gasteiger partial charge in [-0.05, 0) is 37.8 Å². The zero-order chi connectivity index (χ0) is 22.2. The van der Waals surface area contributed by atoms with E-state index < -0.39 is 17.2 Å². The molecule has 2 aliphatic heterocycles. The lowest BCUT2D eigenvalue weighted by molar-refractivity contribution is -0.207. The largest absolute Gasteiger partial charge is 0.483 e. The van der Waals surface area contributed by atoms with Gasteiger partial charge in [-0.25, -0.2) is 0 Å². The molecule has 30 heavy (non-hydrogen) atoms. The molecule has 2 saturated heterocycles. The number of carbonyl (C=O) groups is 3. The Morgan fingerprint density at radius 2 is 2.07 bits per heavy atom. The maximum absolute atomic E-state index is 12.5. The van der Waals surface area contributed by atoms with Gasteiger partial charge < -0.3 is 26.0 Å². The molecule has 2 amide bonds. The first-order valence-electron chi connectivity index (χ1n) is 9.85. The van der Waals surface area contributed by atoms with Crippen molar-refractivity contribution in [2.75, 3.05) is 26.2 Å². The van der Waals surface area contributed by atoms with E-state index >= 15 is 0 Å². The lowest BCUT2D eigenvalue weighted by atomic mass is 9.73. The topological polar surface area (TPSA) is 155 Å². The molecule has 0 radical (unpaired) electrons. The minimum Gasteiger partial charge on any atom is -0.483 e. The van der Waals surface area contributed by atoms with Crippen LogP contribution < -0.4 is 11.1 Å². The summed E-state index contributed by atoms with van der Waals surface area (Å²) in [5, 5.41) is 21.0. The van der Waals surface area contributed by atoms with Crippen molar-refractivity contribution in [3.8, 4) is 0 Å². The third-order valence-corrected chi connectivity index (χ3v) is 5.71. The van der Waals surface area contributed by atoms with Crippen LogP contribution in [0.5, 0.6) is 0 Å². The quantitative estimate of drug-likeness (QED) is 0.454. The van der Waals surface area contributed by atoms with Crippen LogP contribution in [0.4, 0.5) is 0 Å². The van der Waals surface area contributed by atoms with Gasteiger partial charge in [0, 0.05) is 32.1 Å². The summed E-state index contributed by atoms with van der Waals surface area (Å²) in [5.41, 5.74) is 4.63. The van der Waals surface area contributed by atoms with Crippen molar-refractivity contribution in [1.29, 1.82) is 0 Å². The zero-order valence-corrected chi connectivity index (χ0v) is 17.1. The number of aromatic nitrogens is 1. The van der Waals surface area contributed by atoms with Crippen LogP contribution in [0.15, 0.2) is 24.5 Å². The maximum Gasteiger partial charge on any atom is 0.290 e. The predicted octanol–water partition coefficient (Wildman–Crippen LogP) is -0.699. The number of hydrogen-bond acceptors (Lipinski definition) is 7. The third-order valence-electron chi connectivity index (χ3n) is 5.71. The highest BCUT2D eigenvalue weighted by atomic mass is 16.5. The summed E-state index contributed by atoms with van der Waals surface area (Å²) in [4.78, 5) is 38.0. The Labute approximate surface area is 175 Å². The Morgan fingerprint density at radius 1 is 1.40 bits per heavy atom. The number of primary amides is 1. The van der Waals surface area contributed by atoms with Gasteiger partial charge in [0.2, 0.25) is 11.8 Å². The number of nitrogens with one attached hydrogen (secondary N) is 1. The standard InChI is InChI=1S/C19H28N4O4.CH2O2/c1-18(22-16(25)11-14-3-2-7-21-12-14)6-10-27-19(17(18)26)4-8-23(9-5-19)13-15(20)24;2-1-3/h2-3,7,12,17,26H,4-6,8-11,13H2,1H3,(H2,20,24)(H,22,25);1H,(H,2,3)/t17-,18+;/m0./s1. The molecule has 0 saturated carbocycles. The first kappa shape index (κ1) is 23.7. The molecule has 166 valence electrons. The minimum atomic E-state index is -0.827. The number of nitrogens with zero attached hydrogens (tertiary/aromatic N) is 2. The fourth-order valence-electron chi connectivity index (χ4n) is 4.17. The monoisotopic (exact) mass is 422 g/mol. The fourth-order valence-corrected chi connectivity index (χ4v) is 4.17. The summed E-state index contributed by atoms with van der Waals surface area (Å²) in [6.45, 7) is 3.56. The molecule has 0 aliphatic carbocycles. The van der Waals surface area contributed by atoms with Gasteiger partial charge >= 0.3 is 0 Å². The number of ether oxygens (including phenoxy) is 1. The van der Waals surface area contributed by atoms with Crippen LogP contribution in [0.2, 0.25) is 0 Å². The van der Waals surface area contributed by atoms with E-state index in [-0.39, 0.29) is 31.3 Å². The van der Waals surface area contributed by atoms with E-state index in [1.54, 1.807) is 18.5 Å². The molecule has 1 aromatic heterocycles. The number of likely N-dealkylation sites (tertiary alicyclic amines) is 1. The van der Waals surface area contributed by atoms with Gasteiger partial charge in [0.25, 0.3) is 6.47 Å². The van der Waals surface area contributed by atoms with E-state index in [0.29, 0.717) is 39.0 Å². The number of aliphatic hydroxyl groups excluding tert-OH is 1. The van der Waals surface area contributed by atoms with Gasteiger partial charge in [-0.2, -0.15) is 0 Å². The number of amides is 2. The van der Waals surface area contributed by atoms with Gasteiger partial charge in [-0.15, -0.1) is 0 Å². The van der Waals surface area contributed by atoms with Crippen molar-refractivity contribution >= 4 is 18.3 Å². The molecular weight excluding hydrogens is 392 g/mol. The predicted molar refractivity (Wildman–Crippen MR) is 107 cm³/mol. The summed E-state index contributed by atoms with van der Waals surface area (Å²) < 4.78 is 6.01. The average Bonchev–Trinajstić information content (AvgIpc) is 2.69. The van der Waals surface area contributed by atoms with Crippen molar-refractivity contribution in [3.05, 3.63) is 30.1 Å². The van der Waals surface area contributed by atoms with Crippen LogP contribution in [0.1, 0.15) is 31.7 Å². The van der Waals surface area contributed by atoms with Gasteiger partial charge in [0.05, 0.1) is 24.1 Å². The summed E-state index contributed by atoms with van der Waals surface area (Å²) in [5.74, 6) is -0.503. The van der Waals surface area contributed by atoms with Crippen molar-refractivity contribution < 1.29 is 29.3 Å². The van der Waals surface area contributed by atoms with Crippen molar-refractivity contribution in [1.82, 2.24) is 15.2 Å². The van der Waals surface area contributed by atoms with E-state index in [9.17, 15) is 14.7 Å². The second kappa shape index (κ2) is 10.5. The average molecular weight is 422 g/mol. The Morgan fingerprint density at radius 3 is 2.63 bits per heavy atom. The molecule has 0 bridgehead atoms. The molecule has 2 fully saturated rings. The number of aliphatic hydroxyl groups is 1. The molecule has 10 heteroatoms. The van der Waals surface area contributed by atoms with E-state index in [2.05, 4.69) is 10.3 Å². The van der Waals surface area contributed by atoms with E-state index in [1.807, 2.05) is 17.9 Å². The zero-order valence-electron chi connectivity index (χ0n) is 17.1. The maximum atomic E-state index is 12.5. The number of piperidine rings is 1. The van der Waals surface area contributed by atoms with Gasteiger partial charge in [-0.3, -0.25) is 24.3 Å². The van der Waals surface area contributed by atoms with Crippen molar-refractivity contribution in [3.63, 3.8) is 0 Å². The molecule has 5 N–H and O–H groups in total. The van der Waals surface area contributed by atoms with Crippen LogP contribution in [0, 0.1) is 0 Å². The molecule has 3 rings (SSSR count). The molecule has 0 unspecified atom stereocenters. The third kappa shape index (κ3) is 5.97. The molecule has 0 aromatic carbocycles. The molecule has 2 aliphatic rings.